The first-order valence-corrected chi connectivity index (χ1v) is 9.60. The number of carbonyl (C=O) groups is 1. The van der Waals surface area contributed by atoms with Crippen molar-refractivity contribution in [3.05, 3.63) is 84.2 Å². The van der Waals surface area contributed by atoms with Gasteiger partial charge in [-0.25, -0.2) is 4.98 Å². The normalized spacial score (nSPS) is 10.8. The maximum absolute atomic E-state index is 12.3. The number of amides is 1. The molecule has 5 heteroatoms. The summed E-state index contributed by atoms with van der Waals surface area (Å²) in [6, 6.07) is 19.6. The van der Waals surface area contributed by atoms with Gasteiger partial charge in [-0.2, -0.15) is 0 Å². The Labute approximate surface area is 170 Å². The Morgan fingerprint density at radius 2 is 1.83 bits per heavy atom. The van der Waals surface area contributed by atoms with Gasteiger partial charge in [-0.05, 0) is 54.8 Å². The van der Waals surface area contributed by atoms with Crippen LogP contribution in [0.3, 0.4) is 0 Å². The van der Waals surface area contributed by atoms with E-state index < -0.39 is 0 Å². The van der Waals surface area contributed by atoms with E-state index in [1.807, 2.05) is 71.4 Å². The Bertz CT molecular complexity index is 1130. The lowest BCUT2D eigenvalue weighted by Gasteiger charge is -2.07. The lowest BCUT2D eigenvalue weighted by Crippen LogP contribution is -2.12. The maximum Gasteiger partial charge on any atom is 0.224 e. The number of imidazole rings is 1. The first-order chi connectivity index (χ1) is 14.1. The van der Waals surface area contributed by atoms with Gasteiger partial charge in [0.1, 0.15) is 11.4 Å². The predicted molar refractivity (Wildman–Crippen MR) is 115 cm³/mol. The number of nitrogens with one attached hydrogen (secondary N) is 1. The van der Waals surface area contributed by atoms with Crippen molar-refractivity contribution in [1.29, 1.82) is 0 Å². The second kappa shape index (κ2) is 8.19. The van der Waals surface area contributed by atoms with Crippen LogP contribution in [0, 0.1) is 6.92 Å². The Kier molecular flexibility index (Phi) is 5.29. The number of pyridine rings is 1. The lowest BCUT2D eigenvalue weighted by molar-refractivity contribution is -0.116. The zero-order valence-corrected chi connectivity index (χ0v) is 16.6. The minimum atomic E-state index is -0.00285. The van der Waals surface area contributed by atoms with E-state index in [1.165, 1.54) is 0 Å². The molecule has 1 N–H and O–H groups in total. The number of hydrogen-bond acceptors (Lipinski definition) is 3. The highest BCUT2D eigenvalue weighted by Gasteiger charge is 2.07. The summed E-state index contributed by atoms with van der Waals surface area (Å²) >= 11 is 0. The summed E-state index contributed by atoms with van der Waals surface area (Å²) in [5.74, 6) is 0.816. The number of anilines is 1. The first kappa shape index (κ1) is 18.7. The number of nitrogens with zero attached hydrogens (tertiary/aromatic N) is 2. The molecule has 0 bridgehead atoms. The number of ether oxygens (including phenoxy) is 1. The van der Waals surface area contributed by atoms with Crippen LogP contribution in [0.1, 0.15) is 17.5 Å². The van der Waals surface area contributed by atoms with Crippen molar-refractivity contribution in [2.45, 2.75) is 19.8 Å². The molecule has 2 heterocycles. The monoisotopic (exact) mass is 385 g/mol. The molecule has 0 fully saturated rings. The van der Waals surface area contributed by atoms with Crippen LogP contribution in [-0.4, -0.2) is 22.4 Å². The molecule has 29 heavy (non-hydrogen) atoms. The molecule has 4 aromatic rings. The van der Waals surface area contributed by atoms with Gasteiger partial charge in [0.05, 0.1) is 12.8 Å². The van der Waals surface area contributed by atoms with Crippen LogP contribution >= 0.6 is 0 Å². The van der Waals surface area contributed by atoms with E-state index in [9.17, 15) is 4.79 Å². The Balaban J connectivity index is 1.38. The molecule has 5 nitrogen and oxygen atoms in total. The summed E-state index contributed by atoms with van der Waals surface area (Å²) in [7, 11) is 1.64. The second-order valence-electron chi connectivity index (χ2n) is 7.02. The van der Waals surface area contributed by atoms with Crippen molar-refractivity contribution in [2.24, 2.45) is 0 Å². The molecular formula is C24H23N3O2. The van der Waals surface area contributed by atoms with E-state index in [0.717, 1.165) is 39.5 Å². The zero-order valence-electron chi connectivity index (χ0n) is 16.6. The standard InChI is InChI=1S/C24H23N3O2/c1-17-4-3-15-27-16-22(26-24(17)27)19-8-10-20(11-9-19)25-23(28)14-7-18-5-12-21(29-2)13-6-18/h3-6,8-13,15-16H,7,14H2,1-2H3,(H,25,28). The average Bonchev–Trinajstić information content (AvgIpc) is 3.19. The van der Waals surface area contributed by atoms with Gasteiger partial charge in [-0.1, -0.05) is 30.3 Å². The van der Waals surface area contributed by atoms with Crippen LogP contribution in [0.15, 0.2) is 73.1 Å². The fourth-order valence-corrected chi connectivity index (χ4v) is 3.29. The quantitative estimate of drug-likeness (QED) is 0.514. The molecule has 0 aliphatic rings. The van der Waals surface area contributed by atoms with Crippen LogP contribution in [0.2, 0.25) is 0 Å². The topological polar surface area (TPSA) is 55.6 Å². The molecule has 0 unspecified atom stereocenters. The summed E-state index contributed by atoms with van der Waals surface area (Å²) in [6.45, 7) is 2.05. The van der Waals surface area contributed by atoms with Crippen molar-refractivity contribution in [3.8, 4) is 17.0 Å². The van der Waals surface area contributed by atoms with Crippen LogP contribution in [0.5, 0.6) is 5.75 Å². The lowest BCUT2D eigenvalue weighted by atomic mass is 10.1. The molecule has 2 aromatic heterocycles. The summed E-state index contributed by atoms with van der Waals surface area (Å²) < 4.78 is 7.18. The number of hydrogen-bond donors (Lipinski definition) is 1. The van der Waals surface area contributed by atoms with Crippen molar-refractivity contribution < 1.29 is 9.53 Å². The van der Waals surface area contributed by atoms with Gasteiger partial charge in [-0.3, -0.25) is 4.79 Å². The van der Waals surface area contributed by atoms with Crippen molar-refractivity contribution >= 4 is 17.2 Å². The molecule has 1 amide bonds. The van der Waals surface area contributed by atoms with Crippen molar-refractivity contribution in [3.63, 3.8) is 0 Å². The number of fused-ring (bicyclic) bond motifs is 1. The molecule has 4 rings (SSSR count). The number of aryl methyl sites for hydroxylation is 2. The van der Waals surface area contributed by atoms with Crippen LogP contribution in [0.25, 0.3) is 16.9 Å². The Hall–Kier alpha value is -3.60. The Morgan fingerprint density at radius 1 is 1.07 bits per heavy atom. The molecule has 0 aliphatic heterocycles. The van der Waals surface area contributed by atoms with Crippen molar-refractivity contribution in [1.82, 2.24) is 9.38 Å². The smallest absolute Gasteiger partial charge is 0.224 e. The largest absolute Gasteiger partial charge is 0.497 e. The molecule has 0 spiro atoms. The summed E-state index contributed by atoms with van der Waals surface area (Å²) in [5.41, 5.74) is 5.92. The molecule has 0 atom stereocenters. The summed E-state index contributed by atoms with van der Waals surface area (Å²) in [5, 5.41) is 2.96. The van der Waals surface area contributed by atoms with Gasteiger partial charge in [-0.15, -0.1) is 0 Å². The van der Waals surface area contributed by atoms with E-state index in [-0.39, 0.29) is 5.91 Å². The van der Waals surface area contributed by atoms with E-state index >= 15 is 0 Å². The highest BCUT2D eigenvalue weighted by atomic mass is 16.5. The predicted octanol–water partition coefficient (Wildman–Crippen LogP) is 4.89. The number of benzene rings is 2. The third kappa shape index (κ3) is 4.29. The number of carbonyl (C=O) groups excluding carboxylic acids is 1. The van der Waals surface area contributed by atoms with E-state index in [4.69, 9.17) is 9.72 Å². The van der Waals surface area contributed by atoms with E-state index in [2.05, 4.69) is 18.3 Å². The number of rotatable bonds is 6. The average molecular weight is 385 g/mol. The van der Waals surface area contributed by atoms with Crippen LogP contribution in [0.4, 0.5) is 5.69 Å². The molecule has 0 saturated heterocycles. The fraction of sp³-hybridized carbons (Fsp3) is 0.167. The van der Waals surface area contributed by atoms with Gasteiger partial charge in [0.2, 0.25) is 5.91 Å². The molecule has 0 saturated carbocycles. The molecule has 0 radical (unpaired) electrons. The number of methoxy groups -OCH3 is 1. The highest BCUT2D eigenvalue weighted by Crippen LogP contribution is 2.22. The first-order valence-electron chi connectivity index (χ1n) is 9.60. The van der Waals surface area contributed by atoms with Crippen molar-refractivity contribution in [2.75, 3.05) is 12.4 Å². The van der Waals surface area contributed by atoms with Gasteiger partial charge >= 0.3 is 0 Å². The highest BCUT2D eigenvalue weighted by molar-refractivity contribution is 5.91. The van der Waals surface area contributed by atoms with Crippen LogP contribution < -0.4 is 10.1 Å². The van der Waals surface area contributed by atoms with E-state index in [1.54, 1.807) is 7.11 Å². The van der Waals surface area contributed by atoms with E-state index in [0.29, 0.717) is 12.8 Å². The zero-order chi connectivity index (χ0) is 20.2. The van der Waals surface area contributed by atoms with Gasteiger partial charge in [0.15, 0.2) is 0 Å². The molecular weight excluding hydrogens is 362 g/mol. The minimum Gasteiger partial charge on any atom is -0.497 e. The summed E-state index contributed by atoms with van der Waals surface area (Å²) in [4.78, 5) is 17.0. The molecule has 2 aromatic carbocycles. The maximum atomic E-state index is 12.3. The molecule has 0 aliphatic carbocycles. The third-order valence-electron chi connectivity index (χ3n) is 4.94. The second-order valence-corrected chi connectivity index (χ2v) is 7.02. The SMILES string of the molecule is COc1ccc(CCC(=O)Nc2ccc(-c3cn4cccc(C)c4n3)cc2)cc1. The third-order valence-corrected chi connectivity index (χ3v) is 4.94. The van der Waals surface area contributed by atoms with Gasteiger partial charge in [0, 0.05) is 30.1 Å². The van der Waals surface area contributed by atoms with Gasteiger partial charge < -0.3 is 14.5 Å². The van der Waals surface area contributed by atoms with Gasteiger partial charge in [0.25, 0.3) is 0 Å². The fourth-order valence-electron chi connectivity index (χ4n) is 3.29. The number of aromatic nitrogens is 2. The molecule has 146 valence electrons. The summed E-state index contributed by atoms with van der Waals surface area (Å²) in [6.07, 6.45) is 5.13. The van der Waals surface area contributed by atoms with Crippen LogP contribution in [-0.2, 0) is 11.2 Å². The Morgan fingerprint density at radius 3 is 2.52 bits per heavy atom. The minimum absolute atomic E-state index is 0.00285.